The van der Waals surface area contributed by atoms with Crippen molar-refractivity contribution in [1.29, 1.82) is 0 Å². The Bertz CT molecular complexity index is 298. The molecule has 1 aliphatic rings. The maximum Gasteiger partial charge on any atom is 0.134 e. The molecule has 0 spiro atoms. The molecule has 1 aliphatic carbocycles. The Hall–Kier alpha value is -1.38. The van der Waals surface area contributed by atoms with E-state index in [4.69, 9.17) is 5.73 Å². The lowest BCUT2D eigenvalue weighted by molar-refractivity contribution is -0.124. The zero-order chi connectivity index (χ0) is 10.6. The van der Waals surface area contributed by atoms with E-state index in [0.29, 0.717) is 30.4 Å². The first-order valence-corrected chi connectivity index (χ1v) is 4.99. The van der Waals surface area contributed by atoms with E-state index in [-0.39, 0.29) is 0 Å². The quantitative estimate of drug-likeness (QED) is 0.741. The predicted octanol–water partition coefficient (Wildman–Crippen LogP) is 2.14. The van der Waals surface area contributed by atoms with E-state index in [2.05, 4.69) is 4.98 Å². The summed E-state index contributed by atoms with van der Waals surface area (Å²) < 4.78 is 0. The molecule has 0 aromatic carbocycles. The lowest BCUT2D eigenvalue weighted by Crippen LogP contribution is -2.21. The van der Waals surface area contributed by atoms with Crippen LogP contribution >= 0.6 is 0 Å². The van der Waals surface area contributed by atoms with E-state index >= 15 is 0 Å². The largest absolute Gasteiger partial charge is 0.384 e. The van der Waals surface area contributed by atoms with Gasteiger partial charge in [0, 0.05) is 19.0 Å². The summed E-state index contributed by atoms with van der Waals surface area (Å²) in [5.41, 5.74) is 6.56. The van der Waals surface area contributed by atoms with Crippen molar-refractivity contribution in [1.82, 2.24) is 4.98 Å². The maximum absolute atomic E-state index is 10.7. The minimum atomic E-state index is 0.344. The van der Waals surface area contributed by atoms with E-state index in [9.17, 15) is 4.79 Å². The smallest absolute Gasteiger partial charge is 0.134 e. The highest BCUT2D eigenvalue weighted by Crippen LogP contribution is 2.32. The molecule has 0 saturated heterocycles. The van der Waals surface area contributed by atoms with E-state index in [0.717, 1.165) is 5.56 Å². The Morgan fingerprint density at radius 3 is 2.43 bits per heavy atom. The lowest BCUT2D eigenvalue weighted by Gasteiger charge is -2.23. The number of pyridine rings is 1. The van der Waals surface area contributed by atoms with Gasteiger partial charge in [-0.05, 0) is 17.5 Å². The number of nitrogens with two attached hydrogens (primary N) is 1. The number of Topliss-reactive ketones (excluding diaryl/α,β-unsaturated/α-hetero) is 1. The predicted molar refractivity (Wildman–Crippen MR) is 57.0 cm³/mol. The summed E-state index contributed by atoms with van der Waals surface area (Å²) >= 11 is 0. The highest BCUT2D eigenvalue weighted by atomic mass is 16.1. The summed E-state index contributed by atoms with van der Waals surface area (Å²) in [5, 5.41) is 0. The monoisotopic (exact) mass is 192 g/mol. The van der Waals surface area contributed by atoms with Crippen LogP contribution in [0.2, 0.25) is 0 Å². The SMILES string of the molecule is CC.Nc1ccc(C2CC(=O)C2)cn1. The van der Waals surface area contributed by atoms with Gasteiger partial charge in [-0.2, -0.15) is 0 Å². The number of carbonyl (C=O) groups excluding carboxylic acids is 1. The van der Waals surface area contributed by atoms with Gasteiger partial charge >= 0.3 is 0 Å². The standard InChI is InChI=1S/C9H10N2O.C2H6/c10-9-2-1-6(5-11-9)7-3-8(12)4-7;1-2/h1-2,5,7H,3-4H2,(H2,10,11);1-2H3. The van der Waals surface area contributed by atoms with Gasteiger partial charge < -0.3 is 5.73 Å². The molecule has 1 fully saturated rings. The van der Waals surface area contributed by atoms with Gasteiger partial charge in [0.2, 0.25) is 0 Å². The van der Waals surface area contributed by atoms with E-state index < -0.39 is 0 Å². The summed E-state index contributed by atoms with van der Waals surface area (Å²) in [6.45, 7) is 4.00. The average molecular weight is 192 g/mol. The molecule has 76 valence electrons. The second-order valence-electron chi connectivity index (χ2n) is 3.16. The van der Waals surface area contributed by atoms with Crippen LogP contribution in [0.15, 0.2) is 18.3 Å². The Kier molecular flexibility index (Phi) is 3.63. The van der Waals surface area contributed by atoms with Gasteiger partial charge in [0.25, 0.3) is 0 Å². The van der Waals surface area contributed by atoms with Gasteiger partial charge in [-0.1, -0.05) is 19.9 Å². The van der Waals surface area contributed by atoms with Gasteiger partial charge in [-0.15, -0.1) is 0 Å². The molecule has 1 heterocycles. The summed E-state index contributed by atoms with van der Waals surface area (Å²) in [6.07, 6.45) is 3.10. The van der Waals surface area contributed by atoms with Crippen molar-refractivity contribution in [3.63, 3.8) is 0 Å². The molecule has 1 aromatic rings. The second kappa shape index (κ2) is 4.74. The van der Waals surface area contributed by atoms with Crippen molar-refractivity contribution in [2.24, 2.45) is 0 Å². The maximum atomic E-state index is 10.7. The van der Waals surface area contributed by atoms with Crippen LogP contribution < -0.4 is 5.73 Å². The van der Waals surface area contributed by atoms with Gasteiger partial charge in [0.05, 0.1) is 0 Å². The number of nitrogen functional groups attached to an aromatic ring is 1. The van der Waals surface area contributed by atoms with Crippen LogP contribution in [0.3, 0.4) is 0 Å². The number of rotatable bonds is 1. The molecule has 1 saturated carbocycles. The number of hydrogen-bond acceptors (Lipinski definition) is 3. The third-order valence-electron chi connectivity index (χ3n) is 2.23. The zero-order valence-corrected chi connectivity index (χ0v) is 8.66. The van der Waals surface area contributed by atoms with Gasteiger partial charge in [0.15, 0.2) is 0 Å². The van der Waals surface area contributed by atoms with E-state index in [1.165, 1.54) is 0 Å². The zero-order valence-electron chi connectivity index (χ0n) is 8.66. The van der Waals surface area contributed by atoms with Crippen LogP contribution in [-0.2, 0) is 4.79 Å². The first-order valence-electron chi connectivity index (χ1n) is 4.99. The Balaban J connectivity index is 0.000000461. The third kappa shape index (κ3) is 2.31. The lowest BCUT2D eigenvalue weighted by atomic mass is 9.79. The molecule has 0 unspecified atom stereocenters. The van der Waals surface area contributed by atoms with Gasteiger partial charge in [-0.25, -0.2) is 4.98 Å². The summed E-state index contributed by atoms with van der Waals surface area (Å²) in [5.74, 6) is 1.27. The van der Waals surface area contributed by atoms with Crippen molar-refractivity contribution in [3.8, 4) is 0 Å². The summed E-state index contributed by atoms with van der Waals surface area (Å²) in [7, 11) is 0. The van der Waals surface area contributed by atoms with Crippen LogP contribution in [0.1, 0.15) is 38.2 Å². The molecule has 2 rings (SSSR count). The Labute approximate surface area is 84.3 Å². The minimum absolute atomic E-state index is 0.344. The number of aromatic nitrogens is 1. The van der Waals surface area contributed by atoms with Gasteiger partial charge in [0.1, 0.15) is 11.6 Å². The second-order valence-corrected chi connectivity index (χ2v) is 3.16. The van der Waals surface area contributed by atoms with Crippen LogP contribution in [0, 0.1) is 0 Å². The average Bonchev–Trinajstić information content (AvgIpc) is 2.18. The van der Waals surface area contributed by atoms with Crippen molar-refractivity contribution in [2.75, 3.05) is 5.73 Å². The number of carbonyl (C=O) groups is 1. The fourth-order valence-electron chi connectivity index (χ4n) is 1.38. The number of anilines is 1. The molecular weight excluding hydrogens is 176 g/mol. The molecule has 3 heteroatoms. The third-order valence-corrected chi connectivity index (χ3v) is 2.23. The van der Waals surface area contributed by atoms with Crippen molar-refractivity contribution in [2.45, 2.75) is 32.6 Å². The Morgan fingerprint density at radius 1 is 1.36 bits per heavy atom. The van der Waals surface area contributed by atoms with Crippen molar-refractivity contribution < 1.29 is 4.79 Å². The van der Waals surface area contributed by atoms with E-state index in [1.54, 1.807) is 12.3 Å². The minimum Gasteiger partial charge on any atom is -0.384 e. The van der Waals surface area contributed by atoms with Crippen LogP contribution in [0.4, 0.5) is 5.82 Å². The molecule has 14 heavy (non-hydrogen) atoms. The van der Waals surface area contributed by atoms with Crippen LogP contribution in [0.25, 0.3) is 0 Å². The molecule has 0 bridgehead atoms. The van der Waals surface area contributed by atoms with Crippen molar-refractivity contribution >= 4 is 11.6 Å². The summed E-state index contributed by atoms with van der Waals surface area (Å²) in [6, 6.07) is 3.72. The summed E-state index contributed by atoms with van der Waals surface area (Å²) in [4.78, 5) is 14.7. The fourth-order valence-corrected chi connectivity index (χ4v) is 1.38. The first-order chi connectivity index (χ1) is 6.75. The molecule has 0 amide bonds. The molecule has 0 atom stereocenters. The van der Waals surface area contributed by atoms with Crippen LogP contribution in [0.5, 0.6) is 0 Å². The molecule has 0 radical (unpaired) electrons. The topological polar surface area (TPSA) is 56.0 Å². The molecular formula is C11H16N2O. The van der Waals surface area contributed by atoms with Crippen molar-refractivity contribution in [3.05, 3.63) is 23.9 Å². The number of hydrogen-bond donors (Lipinski definition) is 1. The Morgan fingerprint density at radius 2 is 2.00 bits per heavy atom. The number of nitrogens with zero attached hydrogens (tertiary/aromatic N) is 1. The molecule has 2 N–H and O–H groups in total. The first kappa shape index (κ1) is 10.7. The normalized spacial score (nSPS) is 15.4. The highest BCUT2D eigenvalue weighted by Gasteiger charge is 2.27. The fraction of sp³-hybridized carbons (Fsp3) is 0.455. The number of ketones is 1. The van der Waals surface area contributed by atoms with Gasteiger partial charge in [-0.3, -0.25) is 4.79 Å². The van der Waals surface area contributed by atoms with E-state index in [1.807, 2.05) is 19.9 Å². The van der Waals surface area contributed by atoms with Crippen LogP contribution in [-0.4, -0.2) is 10.8 Å². The molecule has 3 nitrogen and oxygen atoms in total. The molecule has 1 aromatic heterocycles. The highest BCUT2D eigenvalue weighted by molar-refractivity contribution is 5.86. The molecule has 0 aliphatic heterocycles.